The van der Waals surface area contributed by atoms with Crippen LogP contribution in [0.15, 0.2) is 22.9 Å². The van der Waals surface area contributed by atoms with Crippen LogP contribution in [0.2, 0.25) is 0 Å². The van der Waals surface area contributed by atoms with Crippen LogP contribution in [0.25, 0.3) is 6.08 Å². The molecule has 2 aliphatic rings. The van der Waals surface area contributed by atoms with Gasteiger partial charge < -0.3 is 27.0 Å². The average Bonchev–Trinajstić information content (AvgIpc) is 3.26. The van der Waals surface area contributed by atoms with Gasteiger partial charge in [-0.05, 0) is 57.4 Å². The Morgan fingerprint density at radius 3 is 2.08 bits per heavy atom. The number of unbranched alkanes of at least 4 members (excludes halogenated alkanes) is 8. The molecule has 1 aromatic rings. The lowest BCUT2D eigenvalue weighted by Crippen LogP contribution is -2.50. The zero-order valence-electron chi connectivity index (χ0n) is 25.6. The molecular formula is C29H50BF2N3O4P+. The Balaban J connectivity index is 1.30. The highest BCUT2D eigenvalue weighted by Gasteiger charge is 2.54. The number of nitrogens with zero attached hydrogens (tertiary/aromatic N) is 3. The van der Waals surface area contributed by atoms with Gasteiger partial charge in [-0.1, -0.05) is 44.9 Å². The van der Waals surface area contributed by atoms with Gasteiger partial charge in [0.05, 0.1) is 27.7 Å². The Labute approximate surface area is 239 Å². The van der Waals surface area contributed by atoms with E-state index in [-0.39, 0.29) is 13.2 Å². The first kappa shape index (κ1) is 32.9. The first-order valence-corrected chi connectivity index (χ1v) is 16.3. The van der Waals surface area contributed by atoms with E-state index in [0.717, 1.165) is 80.9 Å². The Morgan fingerprint density at radius 2 is 1.48 bits per heavy atom. The number of phosphoric acid groups is 1. The molecule has 3 heterocycles. The number of rotatable bonds is 17. The van der Waals surface area contributed by atoms with Crippen molar-refractivity contribution in [2.45, 2.75) is 91.9 Å². The summed E-state index contributed by atoms with van der Waals surface area (Å²) in [6.07, 6.45) is 12.2. The molecule has 1 N–H and O–H groups in total. The van der Waals surface area contributed by atoms with Crippen LogP contribution in [-0.4, -0.2) is 71.9 Å². The molecule has 2 aliphatic heterocycles. The van der Waals surface area contributed by atoms with Crippen LogP contribution < -0.4 is 0 Å². The van der Waals surface area contributed by atoms with Gasteiger partial charge in [0.25, 0.3) is 0 Å². The molecule has 7 nitrogen and oxygen atoms in total. The molecule has 3 rings (SSSR count). The maximum absolute atomic E-state index is 15.6. The highest BCUT2D eigenvalue weighted by Crippen LogP contribution is 2.43. The number of hydrogen-bond acceptors (Lipinski definition) is 3. The van der Waals surface area contributed by atoms with E-state index in [1.807, 2.05) is 54.1 Å². The minimum Gasteiger partial charge on any atom is -0.394 e. The molecule has 11 heteroatoms. The molecule has 1 aromatic heterocycles. The van der Waals surface area contributed by atoms with E-state index < -0.39 is 14.8 Å². The summed E-state index contributed by atoms with van der Waals surface area (Å²) in [6, 6.07) is 1.84. The number of likely N-dealkylation sites (N-methyl/N-ethyl adjacent to an activating group) is 1. The summed E-state index contributed by atoms with van der Waals surface area (Å²) in [5.74, 6) is 0. The standard InChI is InChI=1S/C29H49BF2N3O4P/c1-23-21-24(2)33-28(23)22-29-25(3)27(26(4)34(29)30(33,31)32)17-15-13-11-9-8-10-12-14-16-19-38-40(36,37)39-20-18-35(5,6)7/h21-22H,8-20H2,1-7H3/p+1. The number of allylic oxidation sites excluding steroid dienone is 2. The molecule has 1 atom stereocenters. The summed E-state index contributed by atoms with van der Waals surface area (Å²) in [7, 11) is 2.03. The van der Waals surface area contributed by atoms with Crippen LogP contribution in [0.1, 0.15) is 95.0 Å². The van der Waals surface area contributed by atoms with E-state index >= 15 is 8.63 Å². The third kappa shape index (κ3) is 8.25. The summed E-state index contributed by atoms with van der Waals surface area (Å²) in [6.45, 7) is 4.65. The first-order valence-electron chi connectivity index (χ1n) is 14.8. The van der Waals surface area contributed by atoms with Crippen LogP contribution in [0, 0.1) is 13.8 Å². The molecule has 0 spiro atoms. The quantitative estimate of drug-likeness (QED) is 0.0909. The van der Waals surface area contributed by atoms with Crippen LogP contribution in [0.3, 0.4) is 0 Å². The third-order valence-corrected chi connectivity index (χ3v) is 9.12. The predicted octanol–water partition coefficient (Wildman–Crippen LogP) is 7.23. The molecule has 40 heavy (non-hydrogen) atoms. The normalized spacial score (nSPS) is 18.2. The minimum atomic E-state index is -3.96. The Kier molecular flexibility index (Phi) is 11.2. The van der Waals surface area contributed by atoms with Crippen molar-refractivity contribution in [1.82, 2.24) is 4.48 Å². The van der Waals surface area contributed by atoms with Gasteiger partial charge >= 0.3 is 14.8 Å². The van der Waals surface area contributed by atoms with E-state index in [1.165, 1.54) is 8.96 Å². The van der Waals surface area contributed by atoms with Gasteiger partial charge in [-0.15, -0.1) is 0 Å². The molecule has 0 saturated carbocycles. The lowest BCUT2D eigenvalue weighted by molar-refractivity contribution is -0.870. The zero-order valence-corrected chi connectivity index (χ0v) is 26.5. The lowest BCUT2D eigenvalue weighted by Gasteiger charge is -2.30. The fourth-order valence-corrected chi connectivity index (χ4v) is 6.59. The van der Waals surface area contributed by atoms with Gasteiger partial charge in [-0.2, -0.15) is 0 Å². The van der Waals surface area contributed by atoms with E-state index in [4.69, 9.17) is 9.05 Å². The number of halogens is 2. The smallest absolute Gasteiger partial charge is 0.394 e. The van der Waals surface area contributed by atoms with Gasteiger partial charge in [0.1, 0.15) is 18.9 Å². The maximum atomic E-state index is 15.6. The maximum Gasteiger partial charge on any atom is 0.737 e. The second-order valence-corrected chi connectivity index (χ2v) is 13.9. The van der Waals surface area contributed by atoms with E-state index in [2.05, 4.69) is 0 Å². The highest BCUT2D eigenvalue weighted by molar-refractivity contribution is 7.47. The average molecular weight is 585 g/mol. The van der Waals surface area contributed by atoms with Crippen LogP contribution in [0.4, 0.5) is 8.63 Å². The van der Waals surface area contributed by atoms with Gasteiger partial charge in [0, 0.05) is 29.8 Å². The molecule has 0 aromatic carbocycles. The van der Waals surface area contributed by atoms with Crippen molar-refractivity contribution in [3.8, 4) is 0 Å². The molecule has 0 fully saturated rings. The second kappa shape index (κ2) is 13.6. The number of phosphoric ester groups is 1. The molecule has 1 unspecified atom stereocenters. The number of aromatic nitrogens is 1. The minimum absolute atomic E-state index is 0.188. The topological polar surface area (TPSA) is 63.7 Å². The second-order valence-electron chi connectivity index (χ2n) is 12.5. The largest absolute Gasteiger partial charge is 0.737 e. The number of aryl methyl sites for hydroxylation is 2. The van der Waals surface area contributed by atoms with Crippen molar-refractivity contribution >= 4 is 26.6 Å². The van der Waals surface area contributed by atoms with E-state index in [9.17, 15) is 9.46 Å². The molecule has 0 radical (unpaired) electrons. The van der Waals surface area contributed by atoms with Crippen molar-refractivity contribution in [3.63, 3.8) is 0 Å². The van der Waals surface area contributed by atoms with Gasteiger partial charge in [0.15, 0.2) is 5.70 Å². The molecule has 0 bridgehead atoms. The van der Waals surface area contributed by atoms with Crippen LogP contribution in [-0.2, 0) is 13.6 Å². The predicted molar refractivity (Wildman–Crippen MR) is 160 cm³/mol. The van der Waals surface area contributed by atoms with Crippen molar-refractivity contribution < 1.29 is 36.1 Å². The van der Waals surface area contributed by atoms with Gasteiger partial charge in [0.2, 0.25) is 0 Å². The Bertz CT molecular complexity index is 1200. The summed E-state index contributed by atoms with van der Waals surface area (Å²) in [5.41, 5.74) is 5.54. The Morgan fingerprint density at radius 1 is 0.925 bits per heavy atom. The monoisotopic (exact) mass is 584 g/mol. The van der Waals surface area contributed by atoms with Crippen molar-refractivity contribution in [1.29, 1.82) is 0 Å². The highest BCUT2D eigenvalue weighted by atomic mass is 31.2. The summed E-state index contributed by atoms with van der Waals surface area (Å²) in [4.78, 5) is 9.74. The number of fused-ring (bicyclic) bond motifs is 2. The van der Waals surface area contributed by atoms with E-state index in [0.29, 0.717) is 33.8 Å². The van der Waals surface area contributed by atoms with Crippen LogP contribution >= 0.6 is 7.82 Å². The van der Waals surface area contributed by atoms with Crippen molar-refractivity contribution in [3.05, 3.63) is 39.9 Å². The number of quaternary nitrogens is 1. The molecule has 0 aliphatic carbocycles. The SMILES string of the molecule is CC1=C(CCCCCCCCCCCOP(=O)(O)OCC[N+](C)(C)C)C(C)=[N+]2C1=Cc1c(C)cc(C)n1[B-]2(F)F. The van der Waals surface area contributed by atoms with Gasteiger partial charge in [-0.3, -0.25) is 9.05 Å². The fourth-order valence-electron chi connectivity index (χ4n) is 5.85. The molecule has 0 saturated heterocycles. The van der Waals surface area contributed by atoms with Gasteiger partial charge in [-0.25, -0.2) is 4.57 Å². The summed E-state index contributed by atoms with van der Waals surface area (Å²) >= 11 is 0. The lowest BCUT2D eigenvalue weighted by atomic mass is 9.89. The third-order valence-electron chi connectivity index (χ3n) is 8.10. The molecule has 0 amide bonds. The molecule has 226 valence electrons. The summed E-state index contributed by atoms with van der Waals surface area (Å²) < 4.78 is 56.4. The van der Waals surface area contributed by atoms with Crippen LogP contribution in [0.5, 0.6) is 0 Å². The fraction of sp³-hybridized carbons (Fsp3) is 0.690. The zero-order chi connectivity index (χ0) is 29.7. The number of hydrogen-bond donors (Lipinski definition) is 1. The first-order chi connectivity index (χ1) is 18.7. The van der Waals surface area contributed by atoms with Crippen molar-refractivity contribution in [2.75, 3.05) is 40.9 Å². The van der Waals surface area contributed by atoms with Crippen molar-refractivity contribution in [2.24, 2.45) is 0 Å². The van der Waals surface area contributed by atoms with E-state index in [1.54, 1.807) is 6.92 Å². The molecular weight excluding hydrogens is 534 g/mol. The summed E-state index contributed by atoms with van der Waals surface area (Å²) in [5, 5.41) is 0. The Hall–Kier alpha value is -1.58.